The van der Waals surface area contributed by atoms with E-state index in [2.05, 4.69) is 9.89 Å². The van der Waals surface area contributed by atoms with Gasteiger partial charge in [-0.15, -0.1) is 0 Å². The summed E-state index contributed by atoms with van der Waals surface area (Å²) in [6, 6.07) is 0. The van der Waals surface area contributed by atoms with Crippen molar-refractivity contribution in [3.8, 4) is 0 Å². The molecule has 0 atom stereocenters. The lowest BCUT2D eigenvalue weighted by Crippen LogP contribution is -2.51. The van der Waals surface area contributed by atoms with Crippen molar-refractivity contribution in [2.24, 2.45) is 16.3 Å². The van der Waals surface area contributed by atoms with Crippen LogP contribution in [0.1, 0.15) is 26.7 Å². The molecule has 0 aromatic rings. The van der Waals surface area contributed by atoms with Gasteiger partial charge in [0.1, 0.15) is 5.84 Å². The Morgan fingerprint density at radius 1 is 1.50 bits per heavy atom. The summed E-state index contributed by atoms with van der Waals surface area (Å²) in [4.78, 5) is 11.2. The van der Waals surface area contributed by atoms with Gasteiger partial charge in [0.15, 0.2) is 0 Å². The molecular weight excluding hydrogens is 288 g/mol. The van der Waals surface area contributed by atoms with Crippen molar-refractivity contribution in [3.05, 3.63) is 0 Å². The quantitative estimate of drug-likeness (QED) is 0.285. The molecule has 1 amide bonds. The number of rotatable bonds is 4. The molecule has 10 heteroatoms. The van der Waals surface area contributed by atoms with E-state index in [1.165, 1.54) is 0 Å². The number of nitrogens with zero attached hydrogens (tertiary/aromatic N) is 2. The van der Waals surface area contributed by atoms with Crippen molar-refractivity contribution in [3.63, 3.8) is 0 Å². The van der Waals surface area contributed by atoms with Gasteiger partial charge in [-0.1, -0.05) is 12.1 Å². The molecule has 1 rings (SSSR count). The maximum absolute atomic E-state index is 11.9. The second-order valence-corrected chi connectivity index (χ2v) is 6.44. The third kappa shape index (κ3) is 3.73. The Balaban J connectivity index is 2.67. The van der Waals surface area contributed by atoms with E-state index in [1.54, 1.807) is 13.8 Å². The van der Waals surface area contributed by atoms with E-state index in [1.807, 2.05) is 4.72 Å². The van der Waals surface area contributed by atoms with Crippen LogP contribution in [0.15, 0.2) is 5.16 Å². The number of nitrogens with two attached hydrogens (primary N) is 1. The van der Waals surface area contributed by atoms with Crippen molar-refractivity contribution in [1.82, 2.24) is 9.03 Å². The maximum atomic E-state index is 11.9. The van der Waals surface area contributed by atoms with Gasteiger partial charge in [-0.05, 0) is 19.8 Å². The normalized spacial score (nSPS) is 20.4. The lowest BCUT2D eigenvalue weighted by molar-refractivity contribution is 0.157. The van der Waals surface area contributed by atoms with Gasteiger partial charge in [-0.3, -0.25) is 0 Å². The average Bonchev–Trinajstić information content (AvgIpc) is 2.37. The number of piperidine rings is 1. The maximum Gasteiger partial charge on any atom is 0.421 e. The van der Waals surface area contributed by atoms with Crippen LogP contribution in [0.2, 0.25) is 0 Å². The van der Waals surface area contributed by atoms with Crippen molar-refractivity contribution < 1.29 is 23.2 Å². The van der Waals surface area contributed by atoms with E-state index in [0.717, 1.165) is 4.31 Å². The number of ether oxygens (including phenoxy) is 1. The molecule has 0 bridgehead atoms. The molecule has 0 spiro atoms. The van der Waals surface area contributed by atoms with E-state index < -0.39 is 21.7 Å². The fourth-order valence-corrected chi connectivity index (χ4v) is 2.99. The van der Waals surface area contributed by atoms with E-state index in [4.69, 9.17) is 10.9 Å². The first kappa shape index (κ1) is 16.5. The molecule has 116 valence electrons. The fourth-order valence-electron chi connectivity index (χ4n) is 1.93. The molecule has 1 aliphatic heterocycles. The third-order valence-electron chi connectivity index (χ3n) is 3.38. The van der Waals surface area contributed by atoms with Gasteiger partial charge in [0.05, 0.1) is 6.61 Å². The molecule has 0 aromatic carbocycles. The van der Waals surface area contributed by atoms with Gasteiger partial charge >= 0.3 is 16.3 Å². The molecule has 0 aromatic heterocycles. The second kappa shape index (κ2) is 6.27. The van der Waals surface area contributed by atoms with E-state index in [-0.39, 0.29) is 25.5 Å². The standard InChI is InChI=1S/C10H20N4O5S/c1-3-19-9(15)13-20(17,18)14-6-4-10(2,5-7-14)8(11)12-16/h16H,3-7H2,1-2H3,(H2,11,12)(H,13,15). The minimum atomic E-state index is -3.92. The highest BCUT2D eigenvalue weighted by molar-refractivity contribution is 7.87. The fraction of sp³-hybridized carbons (Fsp3) is 0.800. The first-order valence-corrected chi connectivity index (χ1v) is 7.62. The molecule has 0 aliphatic carbocycles. The molecule has 0 unspecified atom stereocenters. The van der Waals surface area contributed by atoms with Crippen molar-refractivity contribution in [2.75, 3.05) is 19.7 Å². The highest BCUT2D eigenvalue weighted by Gasteiger charge is 2.38. The summed E-state index contributed by atoms with van der Waals surface area (Å²) in [6.45, 7) is 3.80. The zero-order valence-corrected chi connectivity index (χ0v) is 12.3. The number of hydrogen-bond acceptors (Lipinski definition) is 6. The average molecular weight is 308 g/mol. The van der Waals surface area contributed by atoms with Crippen LogP contribution in [0.3, 0.4) is 0 Å². The van der Waals surface area contributed by atoms with Crippen LogP contribution in [-0.4, -0.2) is 49.6 Å². The number of amides is 1. The SMILES string of the molecule is CCOC(=O)NS(=O)(=O)N1CCC(C)(C(N)=NO)CC1. The Morgan fingerprint density at radius 2 is 2.05 bits per heavy atom. The molecule has 4 N–H and O–H groups in total. The summed E-state index contributed by atoms with van der Waals surface area (Å²) in [5, 5.41) is 11.7. The van der Waals surface area contributed by atoms with Gasteiger partial charge in [-0.2, -0.15) is 12.7 Å². The van der Waals surface area contributed by atoms with Gasteiger partial charge in [0.2, 0.25) is 0 Å². The third-order valence-corrected chi connectivity index (χ3v) is 4.85. The first-order valence-electron chi connectivity index (χ1n) is 6.18. The van der Waals surface area contributed by atoms with Crippen LogP contribution in [0.25, 0.3) is 0 Å². The predicted octanol–water partition coefficient (Wildman–Crippen LogP) is -0.174. The Bertz CT molecular complexity index is 482. The summed E-state index contributed by atoms with van der Waals surface area (Å²) < 4.78 is 31.3. The Hall–Kier alpha value is -1.55. The highest BCUT2D eigenvalue weighted by atomic mass is 32.2. The van der Waals surface area contributed by atoms with Crippen molar-refractivity contribution in [2.45, 2.75) is 26.7 Å². The summed E-state index contributed by atoms with van der Waals surface area (Å²) in [5.74, 6) is 0.0768. The van der Waals surface area contributed by atoms with Crippen LogP contribution in [-0.2, 0) is 14.9 Å². The first-order chi connectivity index (χ1) is 9.25. The number of nitrogens with one attached hydrogen (secondary N) is 1. The zero-order chi connectivity index (χ0) is 15.4. The highest BCUT2D eigenvalue weighted by Crippen LogP contribution is 2.31. The van der Waals surface area contributed by atoms with E-state index >= 15 is 0 Å². The molecule has 1 fully saturated rings. The van der Waals surface area contributed by atoms with Crippen LogP contribution in [0.4, 0.5) is 4.79 Å². The number of carbonyl (C=O) groups is 1. The Morgan fingerprint density at radius 3 is 2.50 bits per heavy atom. The molecule has 1 aliphatic rings. The van der Waals surface area contributed by atoms with E-state index in [9.17, 15) is 13.2 Å². The summed E-state index contributed by atoms with van der Waals surface area (Å²) in [7, 11) is -3.92. The monoisotopic (exact) mass is 308 g/mol. The molecular formula is C10H20N4O5S. The summed E-state index contributed by atoms with van der Waals surface area (Å²) in [5.41, 5.74) is 5.05. The summed E-state index contributed by atoms with van der Waals surface area (Å²) in [6.07, 6.45) is -0.212. The molecule has 9 nitrogen and oxygen atoms in total. The van der Waals surface area contributed by atoms with Gasteiger partial charge in [0.25, 0.3) is 0 Å². The summed E-state index contributed by atoms with van der Waals surface area (Å²) >= 11 is 0. The van der Waals surface area contributed by atoms with Gasteiger partial charge in [0, 0.05) is 18.5 Å². The predicted molar refractivity (Wildman–Crippen MR) is 71.4 cm³/mol. The van der Waals surface area contributed by atoms with Crippen molar-refractivity contribution in [1.29, 1.82) is 0 Å². The lowest BCUT2D eigenvalue weighted by Gasteiger charge is -2.37. The van der Waals surface area contributed by atoms with Gasteiger partial charge < -0.3 is 15.7 Å². The minimum Gasteiger partial charge on any atom is -0.449 e. The second-order valence-electron chi connectivity index (χ2n) is 4.77. The number of amidine groups is 1. The number of carbonyl (C=O) groups excluding carboxylic acids is 1. The van der Waals surface area contributed by atoms with Crippen molar-refractivity contribution >= 4 is 22.1 Å². The van der Waals surface area contributed by atoms with Crippen LogP contribution in [0.5, 0.6) is 0 Å². The molecule has 0 radical (unpaired) electrons. The smallest absolute Gasteiger partial charge is 0.421 e. The molecule has 1 heterocycles. The topological polar surface area (TPSA) is 134 Å². The van der Waals surface area contributed by atoms with E-state index in [0.29, 0.717) is 12.8 Å². The molecule has 1 saturated heterocycles. The number of oxime groups is 1. The van der Waals surface area contributed by atoms with Crippen LogP contribution < -0.4 is 10.5 Å². The lowest BCUT2D eigenvalue weighted by atomic mass is 9.80. The largest absolute Gasteiger partial charge is 0.449 e. The van der Waals surface area contributed by atoms with Crippen LogP contribution in [0, 0.1) is 5.41 Å². The van der Waals surface area contributed by atoms with Gasteiger partial charge in [-0.25, -0.2) is 9.52 Å². The minimum absolute atomic E-state index is 0.0768. The zero-order valence-electron chi connectivity index (χ0n) is 11.5. The Labute approximate surface area is 117 Å². The number of hydrogen-bond donors (Lipinski definition) is 3. The van der Waals surface area contributed by atoms with Crippen LogP contribution >= 0.6 is 0 Å². The molecule has 20 heavy (non-hydrogen) atoms. The Kier molecular flexibility index (Phi) is 5.17. The molecule has 0 saturated carbocycles.